The second-order valence-corrected chi connectivity index (χ2v) is 4.82. The number of nitrogens with zero attached hydrogens (tertiary/aromatic N) is 1. The van der Waals surface area contributed by atoms with Crippen LogP contribution in [0, 0.1) is 18.2 Å². The van der Waals surface area contributed by atoms with Crippen LogP contribution in [-0.4, -0.2) is 30.6 Å². The summed E-state index contributed by atoms with van der Waals surface area (Å²) in [6, 6.07) is 6.65. The second kappa shape index (κ2) is 5.51. The summed E-state index contributed by atoms with van der Waals surface area (Å²) in [5.74, 6) is 2.52. The number of piperidine rings is 1. The van der Waals surface area contributed by atoms with Crippen molar-refractivity contribution in [3.8, 4) is 12.3 Å². The molecule has 0 atom stereocenters. The molecule has 1 aromatic carbocycles. The van der Waals surface area contributed by atoms with Crippen LogP contribution in [-0.2, 0) is 11.3 Å². The van der Waals surface area contributed by atoms with Crippen LogP contribution < -0.4 is 0 Å². The number of likely N-dealkylation sites (tertiary alicyclic amines) is 1. The van der Waals surface area contributed by atoms with Crippen molar-refractivity contribution in [3.05, 3.63) is 35.6 Å². The molecule has 0 bridgehead atoms. The van der Waals surface area contributed by atoms with E-state index in [1.54, 1.807) is 18.2 Å². The maximum atomic E-state index is 13.5. The summed E-state index contributed by atoms with van der Waals surface area (Å²) in [5, 5.41) is 0. The molecule has 1 heterocycles. The minimum absolute atomic E-state index is 0.237. The Bertz CT molecular complexity index is 444. The minimum atomic E-state index is -0.533. The first-order valence-electron chi connectivity index (χ1n) is 6.19. The van der Waals surface area contributed by atoms with Gasteiger partial charge < -0.3 is 9.64 Å². The molecular formula is C15H18FNO. The van der Waals surface area contributed by atoms with Gasteiger partial charge in [-0.25, -0.2) is 4.39 Å². The molecule has 18 heavy (non-hydrogen) atoms. The normalized spacial score (nSPS) is 19.4. The molecule has 0 spiro atoms. The van der Waals surface area contributed by atoms with Crippen LogP contribution in [0.3, 0.4) is 0 Å². The maximum Gasteiger partial charge on any atom is 0.131 e. The molecule has 1 aliphatic heterocycles. The van der Waals surface area contributed by atoms with Gasteiger partial charge in [0.2, 0.25) is 0 Å². The topological polar surface area (TPSA) is 12.5 Å². The van der Waals surface area contributed by atoms with Gasteiger partial charge in [0, 0.05) is 31.5 Å². The molecule has 0 amide bonds. The lowest BCUT2D eigenvalue weighted by molar-refractivity contribution is -0.0498. The fraction of sp³-hybridized carbons (Fsp3) is 0.467. The monoisotopic (exact) mass is 247 g/mol. The zero-order valence-corrected chi connectivity index (χ0v) is 10.7. The highest BCUT2D eigenvalue weighted by Crippen LogP contribution is 2.26. The maximum absolute atomic E-state index is 13.5. The van der Waals surface area contributed by atoms with Gasteiger partial charge in [-0.3, -0.25) is 0 Å². The Kier molecular flexibility index (Phi) is 4.00. The molecule has 0 aliphatic carbocycles. The lowest BCUT2D eigenvalue weighted by Crippen LogP contribution is -2.43. The Morgan fingerprint density at radius 1 is 1.39 bits per heavy atom. The van der Waals surface area contributed by atoms with Gasteiger partial charge in [0.1, 0.15) is 11.4 Å². The summed E-state index contributed by atoms with van der Waals surface area (Å²) >= 11 is 0. The molecule has 0 unspecified atom stereocenters. The zero-order valence-electron chi connectivity index (χ0n) is 10.7. The van der Waals surface area contributed by atoms with Crippen molar-refractivity contribution in [1.82, 2.24) is 4.90 Å². The highest BCUT2D eigenvalue weighted by molar-refractivity contribution is 5.17. The van der Waals surface area contributed by atoms with E-state index < -0.39 is 5.60 Å². The van der Waals surface area contributed by atoms with Crippen molar-refractivity contribution < 1.29 is 9.13 Å². The molecule has 3 heteroatoms. The lowest BCUT2D eigenvalue weighted by atomic mass is 9.92. The Morgan fingerprint density at radius 3 is 2.67 bits per heavy atom. The Labute approximate surface area is 108 Å². The number of hydrogen-bond acceptors (Lipinski definition) is 2. The minimum Gasteiger partial charge on any atom is -0.357 e. The summed E-state index contributed by atoms with van der Waals surface area (Å²) in [7, 11) is 2.07. The van der Waals surface area contributed by atoms with E-state index in [0.717, 1.165) is 25.9 Å². The number of hydrogen-bond donors (Lipinski definition) is 0. The predicted molar refractivity (Wildman–Crippen MR) is 69.5 cm³/mol. The molecule has 1 aromatic rings. The number of halogens is 1. The Hall–Kier alpha value is -1.37. The SMILES string of the molecule is C#CC1(OCc2ccccc2F)CCN(C)CC1. The van der Waals surface area contributed by atoms with E-state index in [4.69, 9.17) is 11.2 Å². The first-order chi connectivity index (χ1) is 8.65. The zero-order chi connectivity index (χ0) is 13.0. The molecule has 0 aromatic heterocycles. The number of benzene rings is 1. The molecule has 0 saturated carbocycles. The van der Waals surface area contributed by atoms with Gasteiger partial charge in [-0.15, -0.1) is 6.42 Å². The van der Waals surface area contributed by atoms with Gasteiger partial charge in [0.15, 0.2) is 0 Å². The molecule has 2 nitrogen and oxygen atoms in total. The third-order valence-electron chi connectivity index (χ3n) is 3.52. The van der Waals surface area contributed by atoms with Gasteiger partial charge in [0.25, 0.3) is 0 Å². The molecule has 0 N–H and O–H groups in total. The Morgan fingerprint density at radius 2 is 2.06 bits per heavy atom. The van der Waals surface area contributed by atoms with Crippen molar-refractivity contribution in [2.24, 2.45) is 0 Å². The van der Waals surface area contributed by atoms with Gasteiger partial charge >= 0.3 is 0 Å². The smallest absolute Gasteiger partial charge is 0.131 e. The molecular weight excluding hydrogens is 229 g/mol. The summed E-state index contributed by atoms with van der Waals surface area (Å²) in [5.41, 5.74) is 0.0282. The lowest BCUT2D eigenvalue weighted by Gasteiger charge is -2.36. The van der Waals surface area contributed by atoms with Crippen LogP contribution in [0.5, 0.6) is 0 Å². The largest absolute Gasteiger partial charge is 0.357 e. The fourth-order valence-corrected chi connectivity index (χ4v) is 2.14. The molecule has 1 aliphatic rings. The summed E-state index contributed by atoms with van der Waals surface area (Å²) < 4.78 is 19.3. The Balaban J connectivity index is 2.00. The quantitative estimate of drug-likeness (QED) is 0.761. The second-order valence-electron chi connectivity index (χ2n) is 4.82. The molecule has 2 rings (SSSR count). The number of rotatable bonds is 3. The summed E-state index contributed by atoms with van der Waals surface area (Å²) in [4.78, 5) is 2.22. The van der Waals surface area contributed by atoms with E-state index in [1.165, 1.54) is 6.07 Å². The van der Waals surface area contributed by atoms with Crippen molar-refractivity contribution in [2.75, 3.05) is 20.1 Å². The molecule has 1 saturated heterocycles. The fourth-order valence-electron chi connectivity index (χ4n) is 2.14. The van der Waals surface area contributed by atoms with Crippen LogP contribution in [0.4, 0.5) is 4.39 Å². The van der Waals surface area contributed by atoms with E-state index in [2.05, 4.69) is 17.9 Å². The van der Waals surface area contributed by atoms with Gasteiger partial charge in [-0.1, -0.05) is 24.1 Å². The average Bonchev–Trinajstić information content (AvgIpc) is 2.40. The van der Waals surface area contributed by atoms with Crippen molar-refractivity contribution >= 4 is 0 Å². The van der Waals surface area contributed by atoms with Crippen molar-refractivity contribution in [3.63, 3.8) is 0 Å². The first-order valence-corrected chi connectivity index (χ1v) is 6.19. The third kappa shape index (κ3) is 2.90. The number of terminal acetylenes is 1. The van der Waals surface area contributed by atoms with Gasteiger partial charge in [-0.05, 0) is 13.1 Å². The van der Waals surface area contributed by atoms with E-state index in [1.807, 2.05) is 0 Å². The summed E-state index contributed by atoms with van der Waals surface area (Å²) in [6.45, 7) is 2.07. The molecule has 0 radical (unpaired) electrons. The molecule has 96 valence electrons. The van der Waals surface area contributed by atoms with Crippen molar-refractivity contribution in [1.29, 1.82) is 0 Å². The highest BCUT2D eigenvalue weighted by atomic mass is 19.1. The van der Waals surface area contributed by atoms with Crippen LogP contribution >= 0.6 is 0 Å². The van der Waals surface area contributed by atoms with Crippen molar-refractivity contribution in [2.45, 2.75) is 25.0 Å². The van der Waals surface area contributed by atoms with Crippen LogP contribution in [0.1, 0.15) is 18.4 Å². The van der Waals surface area contributed by atoms with E-state index in [9.17, 15) is 4.39 Å². The highest BCUT2D eigenvalue weighted by Gasteiger charge is 2.32. The van der Waals surface area contributed by atoms with E-state index >= 15 is 0 Å². The molecule has 1 fully saturated rings. The first kappa shape index (κ1) is 13.1. The van der Waals surface area contributed by atoms with Crippen LogP contribution in [0.25, 0.3) is 0 Å². The number of ether oxygens (including phenoxy) is 1. The van der Waals surface area contributed by atoms with E-state index in [0.29, 0.717) is 5.56 Å². The average molecular weight is 247 g/mol. The summed E-state index contributed by atoms with van der Waals surface area (Å²) in [6.07, 6.45) is 7.20. The predicted octanol–water partition coefficient (Wildman–Crippen LogP) is 2.44. The van der Waals surface area contributed by atoms with Crippen LogP contribution in [0.15, 0.2) is 24.3 Å². The standard InChI is InChI=1S/C15H18FNO/c1-3-15(8-10-17(2)11-9-15)18-12-13-6-4-5-7-14(13)16/h1,4-7H,8-12H2,2H3. The van der Waals surface area contributed by atoms with Gasteiger partial charge in [0.05, 0.1) is 6.61 Å². The van der Waals surface area contributed by atoms with Crippen LogP contribution in [0.2, 0.25) is 0 Å². The van der Waals surface area contributed by atoms with E-state index in [-0.39, 0.29) is 12.4 Å². The third-order valence-corrected chi connectivity index (χ3v) is 3.52. The van der Waals surface area contributed by atoms with Gasteiger partial charge in [-0.2, -0.15) is 0 Å².